The molecule has 0 radical (unpaired) electrons. The van der Waals surface area contributed by atoms with Crippen molar-refractivity contribution in [1.82, 2.24) is 10.1 Å². The maximum atomic E-state index is 11.9. The van der Waals surface area contributed by atoms with Gasteiger partial charge in [-0.3, -0.25) is 4.79 Å². The first-order valence-corrected chi connectivity index (χ1v) is 6.12. The van der Waals surface area contributed by atoms with E-state index in [1.807, 2.05) is 30.3 Å². The molecule has 3 aromatic rings. The number of nitrogen functional groups attached to an aromatic ring is 1. The van der Waals surface area contributed by atoms with Gasteiger partial charge in [-0.25, -0.2) is 4.98 Å². The maximum Gasteiger partial charge on any atom is 0.309 e. The zero-order chi connectivity index (χ0) is 14.3. The summed E-state index contributed by atoms with van der Waals surface area (Å²) in [5.41, 5.74) is 6.77. The van der Waals surface area contributed by atoms with E-state index in [1.165, 1.54) is 0 Å². The predicted octanol–water partition coefficient (Wildman–Crippen LogP) is 1.46. The number of nitrogens with two attached hydrogens (primary N) is 1. The number of nitrogens with zero attached hydrogens (tertiary/aromatic N) is 2. The molecule has 0 unspecified atom stereocenters. The molecule has 0 saturated carbocycles. The van der Waals surface area contributed by atoms with Crippen molar-refractivity contribution in [1.29, 1.82) is 0 Å². The van der Waals surface area contributed by atoms with E-state index >= 15 is 0 Å². The Morgan fingerprint density at radius 3 is 2.70 bits per heavy atom. The van der Waals surface area contributed by atoms with Crippen molar-refractivity contribution in [2.24, 2.45) is 0 Å². The SMILES string of the molecule is Nc1c(-c2ccccc2)nc(Cl)c2c[n+]([O-])[nH]c(=O)c12. The number of nitrogens with one attached hydrogen (secondary N) is 1. The molecule has 1 aromatic carbocycles. The summed E-state index contributed by atoms with van der Waals surface area (Å²) in [6.07, 6.45) is 1.14. The molecule has 6 nitrogen and oxygen atoms in total. The number of aromatic nitrogens is 3. The molecule has 3 rings (SSSR count). The number of halogens is 1. The zero-order valence-electron chi connectivity index (χ0n) is 10.1. The lowest BCUT2D eigenvalue weighted by molar-refractivity contribution is -0.669. The second-order valence-corrected chi connectivity index (χ2v) is 4.57. The number of anilines is 1. The summed E-state index contributed by atoms with van der Waals surface area (Å²) in [6.45, 7) is 0. The van der Waals surface area contributed by atoms with Crippen LogP contribution < -0.4 is 16.1 Å². The predicted molar refractivity (Wildman–Crippen MR) is 76.2 cm³/mol. The van der Waals surface area contributed by atoms with Crippen LogP contribution in [0.5, 0.6) is 0 Å². The van der Waals surface area contributed by atoms with Crippen LogP contribution in [0.1, 0.15) is 0 Å². The number of pyridine rings is 1. The molecule has 0 bridgehead atoms. The lowest BCUT2D eigenvalue weighted by Crippen LogP contribution is -2.37. The van der Waals surface area contributed by atoms with E-state index in [4.69, 9.17) is 17.3 Å². The Kier molecular flexibility index (Phi) is 2.80. The van der Waals surface area contributed by atoms with Crippen molar-refractivity contribution >= 4 is 28.1 Å². The summed E-state index contributed by atoms with van der Waals surface area (Å²) >= 11 is 6.06. The smallest absolute Gasteiger partial charge is 0.309 e. The number of hydrogen-bond donors (Lipinski definition) is 2. The molecule has 3 N–H and O–H groups in total. The van der Waals surface area contributed by atoms with Gasteiger partial charge in [0, 0.05) is 5.56 Å². The highest BCUT2D eigenvalue weighted by Gasteiger charge is 2.17. The van der Waals surface area contributed by atoms with Gasteiger partial charge in [-0.2, -0.15) is 0 Å². The van der Waals surface area contributed by atoms with Crippen LogP contribution in [-0.2, 0) is 0 Å². The number of aromatic amines is 1. The van der Waals surface area contributed by atoms with Crippen LogP contribution in [0.4, 0.5) is 5.69 Å². The van der Waals surface area contributed by atoms with E-state index in [2.05, 4.69) is 10.1 Å². The molecule has 0 saturated heterocycles. The van der Waals surface area contributed by atoms with Gasteiger partial charge in [0.1, 0.15) is 5.15 Å². The molecule has 7 heteroatoms. The van der Waals surface area contributed by atoms with Gasteiger partial charge in [-0.15, -0.1) is 5.10 Å². The quantitative estimate of drug-likeness (QED) is 0.402. The first-order valence-electron chi connectivity index (χ1n) is 5.74. The van der Waals surface area contributed by atoms with Crippen LogP contribution in [0.2, 0.25) is 5.15 Å². The average Bonchev–Trinajstić information content (AvgIpc) is 2.43. The van der Waals surface area contributed by atoms with E-state index in [-0.39, 0.29) is 26.5 Å². The minimum Gasteiger partial charge on any atom is -0.596 e. The number of hydrogen-bond acceptors (Lipinski definition) is 4. The third kappa shape index (κ3) is 1.86. The maximum absolute atomic E-state index is 11.9. The summed E-state index contributed by atoms with van der Waals surface area (Å²) in [6, 6.07) is 9.14. The fourth-order valence-electron chi connectivity index (χ4n) is 2.07. The van der Waals surface area contributed by atoms with Gasteiger partial charge in [-0.05, 0) is 0 Å². The van der Waals surface area contributed by atoms with E-state index in [0.717, 1.165) is 11.8 Å². The Hall–Kier alpha value is -2.60. The van der Waals surface area contributed by atoms with Gasteiger partial charge < -0.3 is 10.9 Å². The topological polar surface area (TPSA) is 98.7 Å². The minimum absolute atomic E-state index is 0.0590. The molecule has 0 aliphatic carbocycles. The van der Waals surface area contributed by atoms with Crippen molar-refractivity contribution in [2.75, 3.05) is 5.73 Å². The van der Waals surface area contributed by atoms with Crippen LogP contribution in [0, 0.1) is 5.21 Å². The van der Waals surface area contributed by atoms with Crippen molar-refractivity contribution < 1.29 is 4.85 Å². The largest absolute Gasteiger partial charge is 0.596 e. The Morgan fingerprint density at radius 2 is 2.00 bits per heavy atom. The zero-order valence-corrected chi connectivity index (χ0v) is 10.9. The van der Waals surface area contributed by atoms with Gasteiger partial charge in [0.05, 0.1) is 22.2 Å². The summed E-state index contributed by atoms with van der Waals surface area (Å²) in [5.74, 6) is 0. The Balaban J connectivity index is 2.44. The molecule has 100 valence electrons. The highest BCUT2D eigenvalue weighted by atomic mass is 35.5. The fourth-order valence-corrected chi connectivity index (χ4v) is 2.30. The van der Waals surface area contributed by atoms with Gasteiger partial charge >= 0.3 is 5.56 Å². The van der Waals surface area contributed by atoms with Gasteiger partial charge in [0.2, 0.25) is 6.20 Å². The Bertz CT molecular complexity index is 862. The van der Waals surface area contributed by atoms with Crippen molar-refractivity contribution in [3.8, 4) is 11.3 Å². The second-order valence-electron chi connectivity index (χ2n) is 4.22. The molecule has 0 atom stereocenters. The van der Waals surface area contributed by atoms with Gasteiger partial charge in [0.25, 0.3) is 0 Å². The minimum atomic E-state index is -0.600. The van der Waals surface area contributed by atoms with Crippen LogP contribution in [0.15, 0.2) is 41.3 Å². The van der Waals surface area contributed by atoms with E-state index in [0.29, 0.717) is 5.69 Å². The Labute approximate surface area is 118 Å². The highest BCUT2D eigenvalue weighted by molar-refractivity contribution is 6.35. The molecule has 2 aromatic heterocycles. The van der Waals surface area contributed by atoms with E-state index in [9.17, 15) is 10.0 Å². The first-order chi connectivity index (χ1) is 9.58. The van der Waals surface area contributed by atoms with Gasteiger partial charge in [-0.1, -0.05) is 46.8 Å². The van der Waals surface area contributed by atoms with Crippen LogP contribution in [-0.4, -0.2) is 10.1 Å². The number of benzene rings is 1. The third-order valence-corrected chi connectivity index (χ3v) is 3.25. The van der Waals surface area contributed by atoms with Crippen molar-refractivity contribution in [3.63, 3.8) is 0 Å². The molecule has 0 aliphatic rings. The average molecular weight is 289 g/mol. The monoisotopic (exact) mass is 288 g/mol. The Morgan fingerprint density at radius 1 is 1.30 bits per heavy atom. The fraction of sp³-hybridized carbons (Fsp3) is 0. The molecule has 20 heavy (non-hydrogen) atoms. The summed E-state index contributed by atoms with van der Waals surface area (Å²) in [4.78, 5) is 16.4. The van der Waals surface area contributed by atoms with E-state index in [1.54, 1.807) is 0 Å². The van der Waals surface area contributed by atoms with Crippen molar-refractivity contribution in [2.45, 2.75) is 0 Å². The molecular formula is C13H9ClN4O2. The molecule has 2 heterocycles. The molecule has 0 amide bonds. The standard InChI is InChI=1S/C13H9ClN4O2/c14-12-8-6-18(20)17-13(19)9(8)10(15)11(16-12)7-4-2-1-3-5-7/h1-6H,15H2,(H,17,19). The second kappa shape index (κ2) is 4.50. The molecule has 0 aliphatic heterocycles. The highest BCUT2D eigenvalue weighted by Crippen LogP contribution is 2.31. The van der Waals surface area contributed by atoms with Gasteiger partial charge in [0.15, 0.2) is 0 Å². The molecule has 0 spiro atoms. The number of rotatable bonds is 1. The summed E-state index contributed by atoms with van der Waals surface area (Å²) in [7, 11) is 0. The summed E-state index contributed by atoms with van der Waals surface area (Å²) < 4.78 is 0. The van der Waals surface area contributed by atoms with E-state index < -0.39 is 5.56 Å². The first kappa shape index (κ1) is 12.4. The van der Waals surface area contributed by atoms with Crippen LogP contribution >= 0.6 is 11.6 Å². The van der Waals surface area contributed by atoms with Crippen molar-refractivity contribution in [3.05, 3.63) is 57.2 Å². The van der Waals surface area contributed by atoms with Crippen LogP contribution in [0.25, 0.3) is 22.0 Å². The number of fused-ring (bicyclic) bond motifs is 1. The molecule has 0 fully saturated rings. The number of H-pyrrole nitrogens is 1. The summed E-state index contributed by atoms with van der Waals surface area (Å²) in [5, 5.41) is 13.8. The lowest BCUT2D eigenvalue weighted by atomic mass is 10.1. The third-order valence-electron chi connectivity index (χ3n) is 2.96. The normalized spacial score (nSPS) is 10.8. The van der Waals surface area contributed by atoms with Crippen LogP contribution in [0.3, 0.4) is 0 Å². The molecular weight excluding hydrogens is 280 g/mol. The lowest BCUT2D eigenvalue weighted by Gasteiger charge is -2.09.